The molecule has 32 heavy (non-hydrogen) atoms. The maximum Gasteiger partial charge on any atom is 0.246 e. The molecule has 2 fully saturated rings. The van der Waals surface area contributed by atoms with Crippen molar-refractivity contribution < 1.29 is 14.7 Å². The van der Waals surface area contributed by atoms with Crippen LogP contribution >= 0.6 is 0 Å². The second kappa shape index (κ2) is 11.8. The predicted molar refractivity (Wildman–Crippen MR) is 127 cm³/mol. The van der Waals surface area contributed by atoms with Crippen molar-refractivity contribution >= 4 is 11.8 Å². The summed E-state index contributed by atoms with van der Waals surface area (Å²) >= 11 is 0. The van der Waals surface area contributed by atoms with Gasteiger partial charge >= 0.3 is 0 Å². The van der Waals surface area contributed by atoms with E-state index in [1.54, 1.807) is 0 Å². The van der Waals surface area contributed by atoms with Crippen molar-refractivity contribution in [3.8, 4) is 0 Å². The summed E-state index contributed by atoms with van der Waals surface area (Å²) in [5.41, 5.74) is 0.655. The molecule has 2 N–H and O–H groups in total. The molecule has 2 amide bonds. The van der Waals surface area contributed by atoms with Gasteiger partial charge in [-0.1, -0.05) is 50.6 Å². The van der Waals surface area contributed by atoms with Crippen LogP contribution in [0.15, 0.2) is 30.3 Å². The van der Waals surface area contributed by atoms with Crippen LogP contribution < -0.4 is 5.32 Å². The Kier molecular flexibility index (Phi) is 9.11. The topological polar surface area (TPSA) is 72.9 Å². The van der Waals surface area contributed by atoms with Gasteiger partial charge in [-0.25, -0.2) is 0 Å². The molecule has 1 atom stereocenters. The van der Waals surface area contributed by atoms with E-state index < -0.39 is 11.6 Å². The minimum Gasteiger partial charge on any atom is -0.396 e. The molecular weight excluding hydrogens is 402 g/mol. The van der Waals surface area contributed by atoms with Gasteiger partial charge in [0, 0.05) is 26.2 Å². The maximum atomic E-state index is 13.2. The normalized spacial score (nSPS) is 21.4. The summed E-state index contributed by atoms with van der Waals surface area (Å²) in [6, 6.07) is 10.2. The fourth-order valence-corrected chi connectivity index (χ4v) is 5.19. The highest BCUT2D eigenvalue weighted by molar-refractivity contribution is 6.00. The minimum absolute atomic E-state index is 0.00296. The molecule has 178 valence electrons. The molecule has 1 aromatic rings. The third kappa shape index (κ3) is 6.10. The zero-order valence-electron chi connectivity index (χ0n) is 19.9. The summed E-state index contributed by atoms with van der Waals surface area (Å²) in [6.07, 6.45) is 7.22. The number of nitrogens with zero attached hydrogens (tertiary/aromatic N) is 2. The number of carbonyl (C=O) groups excluding carboxylic acids is 2. The Hall–Kier alpha value is -1.92. The monoisotopic (exact) mass is 443 g/mol. The second-order valence-corrected chi connectivity index (χ2v) is 9.89. The second-order valence-electron chi connectivity index (χ2n) is 9.89. The average molecular weight is 444 g/mol. The number of aliphatic hydroxyl groups excluding tert-OH is 1. The van der Waals surface area contributed by atoms with Crippen LogP contribution in [0.2, 0.25) is 0 Å². The van der Waals surface area contributed by atoms with Gasteiger partial charge in [-0.3, -0.25) is 9.59 Å². The third-order valence-electron chi connectivity index (χ3n) is 7.02. The highest BCUT2D eigenvalue weighted by Gasteiger charge is 2.53. The molecule has 0 saturated carbocycles. The van der Waals surface area contributed by atoms with Crippen molar-refractivity contribution in [1.82, 2.24) is 15.1 Å². The Morgan fingerprint density at radius 3 is 2.41 bits per heavy atom. The van der Waals surface area contributed by atoms with Gasteiger partial charge in [-0.05, 0) is 63.0 Å². The summed E-state index contributed by atoms with van der Waals surface area (Å²) in [4.78, 5) is 30.7. The fourth-order valence-electron chi connectivity index (χ4n) is 5.19. The largest absolute Gasteiger partial charge is 0.396 e. The van der Waals surface area contributed by atoms with E-state index in [9.17, 15) is 14.7 Å². The van der Waals surface area contributed by atoms with Crippen LogP contribution in [0.25, 0.3) is 0 Å². The number of amides is 2. The molecule has 1 aromatic carbocycles. The number of unbranched alkanes of at least 4 members (excludes halogenated alkanes) is 2. The first-order valence-electron chi connectivity index (χ1n) is 12.5. The molecule has 2 aliphatic rings. The summed E-state index contributed by atoms with van der Waals surface area (Å²) in [5.74, 6) is 0.367. The molecule has 0 aromatic heterocycles. The molecule has 6 heteroatoms. The maximum absolute atomic E-state index is 13.2. The molecule has 2 aliphatic heterocycles. The van der Waals surface area contributed by atoms with E-state index in [1.807, 2.05) is 4.90 Å². The third-order valence-corrected chi connectivity index (χ3v) is 7.02. The Balaban J connectivity index is 1.50. The lowest BCUT2D eigenvalue weighted by Crippen LogP contribution is -2.73. The number of hydrogen-bond donors (Lipinski definition) is 2. The van der Waals surface area contributed by atoms with E-state index in [0.717, 1.165) is 32.5 Å². The Labute approximate surface area is 193 Å². The molecule has 0 radical (unpaired) electrons. The van der Waals surface area contributed by atoms with E-state index in [2.05, 4.69) is 54.4 Å². The Morgan fingerprint density at radius 1 is 1.03 bits per heavy atom. The first-order chi connectivity index (χ1) is 15.5. The summed E-state index contributed by atoms with van der Waals surface area (Å²) in [7, 11) is 0. The number of nitrogens with one attached hydrogen (secondary N) is 1. The van der Waals surface area contributed by atoms with E-state index in [-0.39, 0.29) is 18.4 Å². The van der Waals surface area contributed by atoms with E-state index >= 15 is 0 Å². The highest BCUT2D eigenvalue weighted by Crippen LogP contribution is 2.34. The summed E-state index contributed by atoms with van der Waals surface area (Å²) in [5, 5.41) is 12.4. The van der Waals surface area contributed by atoms with Crippen molar-refractivity contribution in [3.63, 3.8) is 0 Å². The van der Waals surface area contributed by atoms with Gasteiger partial charge in [0.05, 0.1) is 0 Å². The Morgan fingerprint density at radius 2 is 1.75 bits per heavy atom. The van der Waals surface area contributed by atoms with Crippen molar-refractivity contribution in [2.75, 3.05) is 32.8 Å². The van der Waals surface area contributed by atoms with Crippen molar-refractivity contribution in [2.24, 2.45) is 5.92 Å². The van der Waals surface area contributed by atoms with Gasteiger partial charge in [0.1, 0.15) is 11.6 Å². The zero-order chi connectivity index (χ0) is 23.0. The Bertz CT molecular complexity index is 729. The number of hydrogen-bond acceptors (Lipinski definition) is 4. The average Bonchev–Trinajstić information content (AvgIpc) is 2.79. The van der Waals surface area contributed by atoms with Crippen LogP contribution in [0.5, 0.6) is 0 Å². The zero-order valence-corrected chi connectivity index (χ0v) is 19.9. The number of piperazine rings is 1. The van der Waals surface area contributed by atoms with Crippen LogP contribution in [0.1, 0.15) is 64.4 Å². The van der Waals surface area contributed by atoms with Crippen LogP contribution in [-0.4, -0.2) is 71.1 Å². The molecule has 2 saturated heterocycles. The van der Waals surface area contributed by atoms with Crippen molar-refractivity contribution in [3.05, 3.63) is 35.9 Å². The molecule has 2 heterocycles. The van der Waals surface area contributed by atoms with Gasteiger partial charge < -0.3 is 20.2 Å². The molecule has 0 aliphatic carbocycles. The molecule has 3 rings (SSSR count). The van der Waals surface area contributed by atoms with Crippen molar-refractivity contribution in [1.29, 1.82) is 0 Å². The lowest BCUT2D eigenvalue weighted by atomic mass is 9.80. The van der Waals surface area contributed by atoms with Crippen LogP contribution in [0, 0.1) is 5.92 Å². The SMILES string of the molecule is CC(C)C[C@@H]1NC(=O)C2(CCN(CCCCCc3ccccc3)CC2)N(CCCO)C1=O. The summed E-state index contributed by atoms with van der Waals surface area (Å²) < 4.78 is 0. The van der Waals surface area contributed by atoms with E-state index in [4.69, 9.17) is 0 Å². The number of piperidine rings is 1. The highest BCUT2D eigenvalue weighted by atomic mass is 16.3. The molecule has 6 nitrogen and oxygen atoms in total. The minimum atomic E-state index is -0.746. The van der Waals surface area contributed by atoms with Gasteiger partial charge in [-0.2, -0.15) is 0 Å². The fraction of sp³-hybridized carbons (Fsp3) is 0.692. The number of aryl methyl sites for hydroxylation is 1. The van der Waals surface area contributed by atoms with Gasteiger partial charge in [0.2, 0.25) is 11.8 Å². The van der Waals surface area contributed by atoms with Gasteiger partial charge in [0.25, 0.3) is 0 Å². The first-order valence-corrected chi connectivity index (χ1v) is 12.5. The van der Waals surface area contributed by atoms with E-state index in [1.165, 1.54) is 18.4 Å². The number of aliphatic hydroxyl groups is 1. The molecule has 1 spiro atoms. The van der Waals surface area contributed by atoms with Gasteiger partial charge in [-0.15, -0.1) is 0 Å². The molecular formula is C26H41N3O3. The van der Waals surface area contributed by atoms with Crippen LogP contribution in [0.4, 0.5) is 0 Å². The molecule has 0 unspecified atom stereocenters. The van der Waals surface area contributed by atoms with Gasteiger partial charge in [0.15, 0.2) is 0 Å². The lowest BCUT2D eigenvalue weighted by Gasteiger charge is -2.52. The van der Waals surface area contributed by atoms with Crippen LogP contribution in [0.3, 0.4) is 0 Å². The van der Waals surface area contributed by atoms with Crippen molar-refractivity contribution in [2.45, 2.75) is 76.8 Å². The quantitative estimate of drug-likeness (QED) is 0.516. The summed E-state index contributed by atoms with van der Waals surface area (Å²) in [6.45, 7) is 7.35. The molecule has 0 bridgehead atoms. The number of carbonyl (C=O) groups is 2. The lowest BCUT2D eigenvalue weighted by molar-refractivity contribution is -0.161. The first kappa shape index (κ1) is 24.7. The van der Waals surface area contributed by atoms with E-state index in [0.29, 0.717) is 38.1 Å². The smallest absolute Gasteiger partial charge is 0.246 e. The number of benzene rings is 1. The number of rotatable bonds is 11. The number of likely N-dealkylation sites (tertiary alicyclic amines) is 1. The predicted octanol–water partition coefficient (Wildman–Crippen LogP) is 2.99. The standard InChI is InChI=1S/C26H41N3O3/c1-21(2)20-23-24(31)29(16-9-19-30)26(25(32)27-23)13-17-28(18-14-26)15-8-4-7-12-22-10-5-3-6-11-22/h3,5-6,10-11,21,23,30H,4,7-9,12-20H2,1-2H3,(H,27,32)/t23-/m0/s1. The van der Waals surface area contributed by atoms with Crippen LogP contribution in [-0.2, 0) is 16.0 Å².